The molecule has 0 heterocycles. The molecule has 4 nitrogen and oxygen atoms in total. The quantitative estimate of drug-likeness (QED) is 0.632. The van der Waals surface area contributed by atoms with Gasteiger partial charge in [-0.15, -0.1) is 0 Å². The summed E-state index contributed by atoms with van der Waals surface area (Å²) < 4.78 is 5.10. The molecule has 0 saturated heterocycles. The first-order chi connectivity index (χ1) is 7.78. The van der Waals surface area contributed by atoms with Crippen LogP contribution in [-0.2, 0) is 14.3 Å². The Bertz CT molecular complexity index is 325. The lowest BCUT2D eigenvalue weighted by atomic mass is 9.93. The van der Waals surface area contributed by atoms with E-state index in [1.54, 1.807) is 20.8 Å². The van der Waals surface area contributed by atoms with Gasteiger partial charge < -0.3 is 9.84 Å². The van der Waals surface area contributed by atoms with E-state index in [0.717, 1.165) is 0 Å². The highest BCUT2D eigenvalue weighted by molar-refractivity contribution is 8.00. The summed E-state index contributed by atoms with van der Waals surface area (Å²) in [6, 6.07) is 0. The third-order valence-electron chi connectivity index (χ3n) is 2.12. The van der Waals surface area contributed by atoms with Crippen LogP contribution in [-0.4, -0.2) is 33.1 Å². The molecule has 0 unspecified atom stereocenters. The molecular formula is C13H24O4S. The fourth-order valence-electron chi connectivity index (χ4n) is 0.960. The van der Waals surface area contributed by atoms with E-state index in [9.17, 15) is 14.7 Å². The van der Waals surface area contributed by atoms with Gasteiger partial charge in [0.1, 0.15) is 5.60 Å². The summed E-state index contributed by atoms with van der Waals surface area (Å²) in [7, 11) is 0. The van der Waals surface area contributed by atoms with Gasteiger partial charge in [0.15, 0.2) is 5.41 Å². The number of aliphatic carboxylic acids is 1. The number of carboxylic acids is 1. The van der Waals surface area contributed by atoms with Crippen LogP contribution in [0.25, 0.3) is 0 Å². The van der Waals surface area contributed by atoms with Gasteiger partial charge in [-0.1, -0.05) is 20.8 Å². The van der Waals surface area contributed by atoms with Crippen LogP contribution >= 0.6 is 11.8 Å². The van der Waals surface area contributed by atoms with Crippen molar-refractivity contribution in [2.24, 2.45) is 5.41 Å². The van der Waals surface area contributed by atoms with Crippen LogP contribution in [0.2, 0.25) is 0 Å². The van der Waals surface area contributed by atoms with Gasteiger partial charge in [0.25, 0.3) is 0 Å². The van der Waals surface area contributed by atoms with Gasteiger partial charge in [-0.05, 0) is 27.7 Å². The molecule has 1 N–H and O–H groups in total. The maximum absolute atomic E-state index is 12.0. The number of hydrogen-bond donors (Lipinski definition) is 1. The molecule has 0 aromatic carbocycles. The average molecular weight is 276 g/mol. The Morgan fingerprint density at radius 2 is 1.50 bits per heavy atom. The molecule has 0 saturated carbocycles. The van der Waals surface area contributed by atoms with Gasteiger partial charge in [0.05, 0.1) is 0 Å². The minimum atomic E-state index is -1.51. The zero-order valence-electron chi connectivity index (χ0n) is 12.3. The van der Waals surface area contributed by atoms with E-state index in [-0.39, 0.29) is 10.5 Å². The largest absolute Gasteiger partial charge is 0.480 e. The van der Waals surface area contributed by atoms with E-state index < -0.39 is 23.0 Å². The molecule has 0 amide bonds. The summed E-state index contributed by atoms with van der Waals surface area (Å²) in [6.45, 7) is 12.5. The van der Waals surface area contributed by atoms with Gasteiger partial charge in [-0.25, -0.2) is 0 Å². The predicted molar refractivity (Wildman–Crippen MR) is 73.8 cm³/mol. The van der Waals surface area contributed by atoms with Crippen LogP contribution in [0.15, 0.2) is 0 Å². The second-order valence-corrected chi connectivity index (χ2v) is 8.34. The highest BCUT2D eigenvalue weighted by Gasteiger charge is 2.45. The molecule has 0 bridgehead atoms. The normalized spacial score (nSPS) is 15.9. The van der Waals surface area contributed by atoms with Crippen molar-refractivity contribution in [2.45, 2.75) is 58.8 Å². The lowest BCUT2D eigenvalue weighted by Crippen LogP contribution is -2.44. The summed E-state index contributed by atoms with van der Waals surface area (Å²) in [5.41, 5.74) is -2.19. The molecule has 0 aliphatic rings. The molecule has 0 fully saturated rings. The van der Waals surface area contributed by atoms with E-state index in [2.05, 4.69) is 0 Å². The van der Waals surface area contributed by atoms with Crippen LogP contribution < -0.4 is 0 Å². The SMILES string of the molecule is CC(C)(C)OC(=O)[C@](C)(CSC(C)(C)C)C(=O)O. The molecule has 0 radical (unpaired) electrons. The number of thioether (sulfide) groups is 1. The minimum absolute atomic E-state index is 0.0985. The van der Waals surface area contributed by atoms with Crippen LogP contribution in [0.3, 0.4) is 0 Å². The second-order valence-electron chi connectivity index (χ2n) is 6.54. The number of hydrogen-bond acceptors (Lipinski definition) is 4. The molecule has 18 heavy (non-hydrogen) atoms. The Labute approximate surface area is 113 Å². The van der Waals surface area contributed by atoms with E-state index in [4.69, 9.17) is 4.74 Å². The molecule has 0 aromatic rings. The highest BCUT2D eigenvalue weighted by atomic mass is 32.2. The summed E-state index contributed by atoms with van der Waals surface area (Å²) in [6.07, 6.45) is 0. The van der Waals surface area contributed by atoms with Crippen LogP contribution in [0.1, 0.15) is 48.5 Å². The van der Waals surface area contributed by atoms with E-state index in [1.807, 2.05) is 20.8 Å². The van der Waals surface area contributed by atoms with Crippen LogP contribution in [0, 0.1) is 5.41 Å². The summed E-state index contributed by atoms with van der Waals surface area (Å²) in [4.78, 5) is 23.4. The van der Waals surface area contributed by atoms with Crippen molar-refractivity contribution >= 4 is 23.7 Å². The van der Waals surface area contributed by atoms with Crippen LogP contribution in [0.5, 0.6) is 0 Å². The Morgan fingerprint density at radius 1 is 1.06 bits per heavy atom. The van der Waals surface area contributed by atoms with Gasteiger partial charge in [0.2, 0.25) is 0 Å². The zero-order chi connectivity index (χ0) is 14.8. The molecule has 1 atom stereocenters. The first-order valence-electron chi connectivity index (χ1n) is 5.89. The van der Waals surface area contributed by atoms with Gasteiger partial charge in [-0.3, -0.25) is 9.59 Å². The number of ether oxygens (including phenoxy) is 1. The summed E-state index contributed by atoms with van der Waals surface area (Å²) >= 11 is 1.44. The van der Waals surface area contributed by atoms with Crippen molar-refractivity contribution in [3.05, 3.63) is 0 Å². The molecular weight excluding hydrogens is 252 g/mol. The maximum atomic E-state index is 12.0. The van der Waals surface area contributed by atoms with Crippen molar-refractivity contribution in [2.75, 3.05) is 5.75 Å². The Hall–Kier alpha value is -0.710. The molecule has 106 valence electrons. The van der Waals surface area contributed by atoms with Crippen molar-refractivity contribution in [1.29, 1.82) is 0 Å². The molecule has 0 aliphatic heterocycles. The highest BCUT2D eigenvalue weighted by Crippen LogP contribution is 2.33. The van der Waals surface area contributed by atoms with Crippen molar-refractivity contribution in [3.63, 3.8) is 0 Å². The Balaban J connectivity index is 4.93. The number of esters is 1. The Kier molecular flexibility index (Phi) is 5.29. The first-order valence-corrected chi connectivity index (χ1v) is 6.87. The minimum Gasteiger partial charge on any atom is -0.480 e. The number of carboxylic acid groups (broad SMARTS) is 1. The third-order valence-corrected chi connectivity index (χ3v) is 3.70. The smallest absolute Gasteiger partial charge is 0.324 e. The van der Waals surface area contributed by atoms with Crippen molar-refractivity contribution in [1.82, 2.24) is 0 Å². The fourth-order valence-corrected chi connectivity index (χ4v) is 1.92. The number of carbonyl (C=O) groups is 2. The van der Waals surface area contributed by atoms with Crippen molar-refractivity contribution in [3.8, 4) is 0 Å². The van der Waals surface area contributed by atoms with E-state index >= 15 is 0 Å². The lowest BCUT2D eigenvalue weighted by Gasteiger charge is -2.30. The third kappa shape index (κ3) is 5.76. The number of rotatable bonds is 4. The van der Waals surface area contributed by atoms with Gasteiger partial charge >= 0.3 is 11.9 Å². The molecule has 0 rings (SSSR count). The molecule has 5 heteroatoms. The first kappa shape index (κ1) is 17.3. The standard InChI is InChI=1S/C13H24O4S/c1-11(2,3)17-10(16)13(7,9(14)15)8-18-12(4,5)6/h8H2,1-7H3,(H,14,15)/t13-/m1/s1. The molecule has 0 aliphatic carbocycles. The topological polar surface area (TPSA) is 63.6 Å². The van der Waals surface area contributed by atoms with Gasteiger partial charge in [-0.2, -0.15) is 11.8 Å². The number of carbonyl (C=O) groups excluding carboxylic acids is 1. The maximum Gasteiger partial charge on any atom is 0.324 e. The van der Waals surface area contributed by atoms with E-state index in [1.165, 1.54) is 18.7 Å². The Morgan fingerprint density at radius 3 is 1.78 bits per heavy atom. The summed E-state index contributed by atoms with van der Waals surface area (Å²) in [5, 5.41) is 9.28. The van der Waals surface area contributed by atoms with Crippen LogP contribution in [0.4, 0.5) is 0 Å². The van der Waals surface area contributed by atoms with E-state index in [0.29, 0.717) is 0 Å². The monoisotopic (exact) mass is 276 g/mol. The molecule has 0 aromatic heterocycles. The molecule has 0 spiro atoms. The predicted octanol–water partition coefficient (Wildman–Crippen LogP) is 2.95. The average Bonchev–Trinajstić information content (AvgIpc) is 2.09. The lowest BCUT2D eigenvalue weighted by molar-refractivity contribution is -0.173. The zero-order valence-corrected chi connectivity index (χ0v) is 13.1. The van der Waals surface area contributed by atoms with Crippen molar-refractivity contribution < 1.29 is 19.4 Å². The van der Waals surface area contributed by atoms with Gasteiger partial charge in [0, 0.05) is 10.5 Å². The second kappa shape index (κ2) is 5.51. The fraction of sp³-hybridized carbons (Fsp3) is 0.846. The summed E-state index contributed by atoms with van der Waals surface area (Å²) in [5.74, 6) is -1.63.